The number of aromatic amines is 1. The standard InChI is InChI=1S/C21H24N6O3/c1-14-15(13-24-27-14)5-4-10-23-21(29)25-17-7-8-18(19(11-17)30-2)26-20(28)16-6-3-9-22-12-16/h3,6-9,11-13H,4-5,10H2,1-2H3,(H,24,27)(H,26,28)(H2,23,25,29). The fourth-order valence-corrected chi connectivity index (χ4v) is 2.85. The van der Waals surface area contributed by atoms with Crippen LogP contribution >= 0.6 is 0 Å². The number of pyridine rings is 1. The zero-order valence-corrected chi connectivity index (χ0v) is 16.9. The topological polar surface area (TPSA) is 121 Å². The quantitative estimate of drug-likeness (QED) is 0.427. The van der Waals surface area contributed by atoms with Crippen molar-refractivity contribution in [2.75, 3.05) is 24.3 Å². The highest BCUT2D eigenvalue weighted by Crippen LogP contribution is 2.28. The number of benzene rings is 1. The minimum absolute atomic E-state index is 0.298. The average Bonchev–Trinajstić information content (AvgIpc) is 3.17. The smallest absolute Gasteiger partial charge is 0.319 e. The first-order valence-corrected chi connectivity index (χ1v) is 9.50. The maximum absolute atomic E-state index is 12.3. The molecule has 0 aliphatic heterocycles. The van der Waals surface area contributed by atoms with Crippen molar-refractivity contribution in [3.8, 4) is 5.75 Å². The molecule has 2 heterocycles. The summed E-state index contributed by atoms with van der Waals surface area (Å²) in [6.07, 6.45) is 6.52. The Balaban J connectivity index is 1.51. The number of H-pyrrole nitrogens is 1. The van der Waals surface area contributed by atoms with E-state index in [1.807, 2.05) is 6.92 Å². The zero-order valence-electron chi connectivity index (χ0n) is 16.9. The number of hydrogen-bond donors (Lipinski definition) is 4. The van der Waals surface area contributed by atoms with Gasteiger partial charge in [0.15, 0.2) is 0 Å². The number of urea groups is 1. The number of hydrogen-bond acceptors (Lipinski definition) is 5. The molecular weight excluding hydrogens is 384 g/mol. The fourth-order valence-electron chi connectivity index (χ4n) is 2.85. The van der Waals surface area contributed by atoms with Crippen LogP contribution in [0.25, 0.3) is 0 Å². The number of amides is 3. The van der Waals surface area contributed by atoms with Gasteiger partial charge in [-0.25, -0.2) is 4.79 Å². The molecule has 0 atom stereocenters. The SMILES string of the molecule is COc1cc(NC(=O)NCCCc2cn[nH]c2C)ccc1NC(=O)c1cccnc1. The lowest BCUT2D eigenvalue weighted by molar-refractivity contribution is 0.102. The monoisotopic (exact) mass is 408 g/mol. The molecular formula is C21H24N6O3. The third-order valence-corrected chi connectivity index (χ3v) is 4.47. The van der Waals surface area contributed by atoms with Gasteiger partial charge in [0, 0.05) is 36.4 Å². The summed E-state index contributed by atoms with van der Waals surface area (Å²) in [5, 5.41) is 15.2. The van der Waals surface area contributed by atoms with E-state index in [4.69, 9.17) is 4.74 Å². The Hall–Kier alpha value is -3.88. The zero-order chi connectivity index (χ0) is 21.3. The Labute approximate surface area is 174 Å². The molecule has 156 valence electrons. The molecule has 30 heavy (non-hydrogen) atoms. The summed E-state index contributed by atoms with van der Waals surface area (Å²) in [4.78, 5) is 28.4. The molecule has 0 fully saturated rings. The molecule has 0 saturated carbocycles. The van der Waals surface area contributed by atoms with E-state index in [0.717, 1.165) is 24.1 Å². The second-order valence-corrected chi connectivity index (χ2v) is 6.62. The van der Waals surface area contributed by atoms with Gasteiger partial charge in [-0.3, -0.25) is 14.9 Å². The Morgan fingerprint density at radius 3 is 2.73 bits per heavy atom. The predicted octanol–water partition coefficient (Wildman–Crippen LogP) is 3.13. The van der Waals surface area contributed by atoms with Crippen molar-refractivity contribution < 1.29 is 14.3 Å². The summed E-state index contributed by atoms with van der Waals surface area (Å²) in [7, 11) is 1.50. The largest absolute Gasteiger partial charge is 0.494 e. The van der Waals surface area contributed by atoms with E-state index in [1.54, 1.807) is 42.7 Å². The van der Waals surface area contributed by atoms with Gasteiger partial charge in [-0.05, 0) is 49.6 Å². The van der Waals surface area contributed by atoms with Crippen LogP contribution in [0.15, 0.2) is 48.9 Å². The van der Waals surface area contributed by atoms with E-state index < -0.39 is 0 Å². The van der Waals surface area contributed by atoms with Crippen molar-refractivity contribution in [1.29, 1.82) is 0 Å². The van der Waals surface area contributed by atoms with E-state index in [2.05, 4.69) is 31.1 Å². The Morgan fingerprint density at radius 1 is 1.17 bits per heavy atom. The average molecular weight is 408 g/mol. The highest BCUT2D eigenvalue weighted by Gasteiger charge is 2.11. The Morgan fingerprint density at radius 2 is 2.03 bits per heavy atom. The van der Waals surface area contributed by atoms with Gasteiger partial charge in [0.2, 0.25) is 0 Å². The molecule has 3 aromatic rings. The molecule has 0 unspecified atom stereocenters. The van der Waals surface area contributed by atoms with Crippen LogP contribution in [0.1, 0.15) is 28.0 Å². The van der Waals surface area contributed by atoms with Crippen molar-refractivity contribution in [2.45, 2.75) is 19.8 Å². The van der Waals surface area contributed by atoms with Crippen LogP contribution in [-0.2, 0) is 6.42 Å². The lowest BCUT2D eigenvalue weighted by atomic mass is 10.1. The van der Waals surface area contributed by atoms with Gasteiger partial charge in [0.1, 0.15) is 5.75 Å². The van der Waals surface area contributed by atoms with E-state index in [-0.39, 0.29) is 11.9 Å². The van der Waals surface area contributed by atoms with Gasteiger partial charge in [0.05, 0.1) is 24.6 Å². The molecule has 0 bridgehead atoms. The molecule has 0 saturated heterocycles. The minimum atomic E-state index is -0.312. The lowest BCUT2D eigenvalue weighted by Gasteiger charge is -2.13. The van der Waals surface area contributed by atoms with Crippen LogP contribution in [-0.4, -0.2) is 40.8 Å². The van der Waals surface area contributed by atoms with Crippen molar-refractivity contribution >= 4 is 23.3 Å². The summed E-state index contributed by atoms with van der Waals surface area (Å²) in [5.74, 6) is 0.133. The molecule has 0 spiro atoms. The molecule has 4 N–H and O–H groups in total. The van der Waals surface area contributed by atoms with Gasteiger partial charge >= 0.3 is 6.03 Å². The number of anilines is 2. The molecule has 9 nitrogen and oxygen atoms in total. The highest BCUT2D eigenvalue weighted by atomic mass is 16.5. The maximum atomic E-state index is 12.3. The van der Waals surface area contributed by atoms with Crippen molar-refractivity contribution in [3.63, 3.8) is 0 Å². The van der Waals surface area contributed by atoms with Crippen molar-refractivity contribution in [3.05, 3.63) is 65.7 Å². The molecule has 1 aromatic carbocycles. The molecule has 9 heteroatoms. The van der Waals surface area contributed by atoms with Crippen molar-refractivity contribution in [1.82, 2.24) is 20.5 Å². The summed E-state index contributed by atoms with van der Waals surface area (Å²) < 4.78 is 5.34. The molecule has 3 amide bonds. The summed E-state index contributed by atoms with van der Waals surface area (Å²) in [6.45, 7) is 2.51. The van der Waals surface area contributed by atoms with E-state index >= 15 is 0 Å². The molecule has 2 aromatic heterocycles. The van der Waals surface area contributed by atoms with Crippen LogP contribution in [0.3, 0.4) is 0 Å². The third kappa shape index (κ3) is 5.57. The van der Waals surface area contributed by atoms with Crippen molar-refractivity contribution in [2.24, 2.45) is 0 Å². The molecule has 0 aliphatic carbocycles. The number of nitrogens with one attached hydrogen (secondary N) is 4. The number of aromatic nitrogens is 3. The van der Waals surface area contributed by atoms with Crippen LogP contribution in [0, 0.1) is 6.92 Å². The Bertz CT molecular complexity index is 1000. The van der Waals surface area contributed by atoms with E-state index in [0.29, 0.717) is 29.2 Å². The summed E-state index contributed by atoms with van der Waals surface area (Å²) in [6, 6.07) is 8.05. The van der Waals surface area contributed by atoms with E-state index in [1.165, 1.54) is 13.3 Å². The van der Waals surface area contributed by atoms with Gasteiger partial charge in [-0.2, -0.15) is 5.10 Å². The van der Waals surface area contributed by atoms with Gasteiger partial charge in [0.25, 0.3) is 5.91 Å². The number of aryl methyl sites for hydroxylation is 2. The summed E-state index contributed by atoms with van der Waals surface area (Å²) >= 11 is 0. The highest BCUT2D eigenvalue weighted by molar-refractivity contribution is 6.05. The van der Waals surface area contributed by atoms with Crippen LogP contribution in [0.5, 0.6) is 5.75 Å². The first kappa shape index (κ1) is 20.8. The van der Waals surface area contributed by atoms with Gasteiger partial charge < -0.3 is 20.7 Å². The van der Waals surface area contributed by atoms with Crippen LogP contribution in [0.2, 0.25) is 0 Å². The van der Waals surface area contributed by atoms with Gasteiger partial charge in [-0.1, -0.05) is 0 Å². The second-order valence-electron chi connectivity index (χ2n) is 6.62. The first-order valence-electron chi connectivity index (χ1n) is 9.50. The second kappa shape index (κ2) is 10.1. The van der Waals surface area contributed by atoms with Crippen LogP contribution in [0.4, 0.5) is 16.2 Å². The minimum Gasteiger partial charge on any atom is -0.494 e. The van der Waals surface area contributed by atoms with Gasteiger partial charge in [-0.15, -0.1) is 0 Å². The maximum Gasteiger partial charge on any atom is 0.319 e. The number of ether oxygens (including phenoxy) is 1. The predicted molar refractivity (Wildman–Crippen MR) is 114 cm³/mol. The third-order valence-electron chi connectivity index (χ3n) is 4.47. The normalized spacial score (nSPS) is 10.3. The van der Waals surface area contributed by atoms with Crippen LogP contribution < -0.4 is 20.7 Å². The molecule has 0 aliphatic rings. The molecule has 0 radical (unpaired) electrons. The molecule has 3 rings (SSSR count). The lowest BCUT2D eigenvalue weighted by Crippen LogP contribution is -2.29. The number of rotatable bonds is 8. The number of carbonyl (C=O) groups excluding carboxylic acids is 2. The fraction of sp³-hybridized carbons (Fsp3) is 0.238. The van der Waals surface area contributed by atoms with E-state index in [9.17, 15) is 9.59 Å². The number of carbonyl (C=O) groups is 2. The first-order chi connectivity index (χ1) is 14.6. The number of nitrogens with zero attached hydrogens (tertiary/aromatic N) is 2. The number of methoxy groups -OCH3 is 1. The Kier molecular flexibility index (Phi) is 6.99. The summed E-state index contributed by atoms with van der Waals surface area (Å²) in [5.41, 5.74) is 3.67.